The van der Waals surface area contributed by atoms with Gasteiger partial charge < -0.3 is 15.2 Å². The molecule has 0 aliphatic heterocycles. The van der Waals surface area contributed by atoms with Crippen molar-refractivity contribution in [3.63, 3.8) is 0 Å². The third kappa shape index (κ3) is 4.70. The lowest BCUT2D eigenvalue weighted by atomic mass is 10.0. The first kappa shape index (κ1) is 16.2. The second kappa shape index (κ2) is 6.56. The van der Waals surface area contributed by atoms with Crippen molar-refractivity contribution < 1.29 is 14.8 Å². The molecule has 1 rings (SSSR count). The fourth-order valence-corrected chi connectivity index (χ4v) is 1.82. The van der Waals surface area contributed by atoms with E-state index >= 15 is 0 Å². The van der Waals surface area contributed by atoms with Gasteiger partial charge in [-0.05, 0) is 40.2 Å². The maximum absolute atomic E-state index is 11.0. The quantitative estimate of drug-likeness (QED) is 0.593. The van der Waals surface area contributed by atoms with E-state index in [-0.39, 0.29) is 29.7 Å². The van der Waals surface area contributed by atoms with Gasteiger partial charge in [0.05, 0.1) is 11.0 Å². The monoisotopic (exact) mass is 282 g/mol. The van der Waals surface area contributed by atoms with Gasteiger partial charge in [-0.1, -0.05) is 0 Å². The minimum Gasteiger partial charge on any atom is -0.484 e. The first-order valence-corrected chi connectivity index (χ1v) is 6.59. The lowest BCUT2D eigenvalue weighted by Crippen LogP contribution is -2.31. The fourth-order valence-electron chi connectivity index (χ4n) is 1.82. The number of anilines is 1. The molecule has 0 saturated heterocycles. The number of nitrogens with zero attached hydrogens (tertiary/aromatic N) is 1. The van der Waals surface area contributed by atoms with Crippen LogP contribution in [0.5, 0.6) is 5.75 Å². The Morgan fingerprint density at radius 3 is 2.60 bits per heavy atom. The van der Waals surface area contributed by atoms with Crippen LogP contribution in [0.4, 0.5) is 11.4 Å². The molecule has 1 aromatic rings. The molecule has 112 valence electrons. The number of aliphatic hydroxyl groups excluding tert-OH is 1. The van der Waals surface area contributed by atoms with Crippen LogP contribution in [0, 0.1) is 10.1 Å². The molecule has 0 bridgehead atoms. The summed E-state index contributed by atoms with van der Waals surface area (Å²) in [6, 6.07) is 4.69. The zero-order chi connectivity index (χ0) is 15.3. The highest BCUT2D eigenvalue weighted by atomic mass is 16.6. The number of ether oxygens (including phenoxy) is 1. The van der Waals surface area contributed by atoms with Gasteiger partial charge in [0.15, 0.2) is 5.75 Å². The van der Waals surface area contributed by atoms with E-state index in [2.05, 4.69) is 5.32 Å². The van der Waals surface area contributed by atoms with E-state index in [0.29, 0.717) is 6.42 Å². The van der Waals surface area contributed by atoms with E-state index < -0.39 is 4.92 Å². The van der Waals surface area contributed by atoms with Crippen LogP contribution in [-0.2, 0) is 0 Å². The summed E-state index contributed by atoms with van der Waals surface area (Å²) in [5.74, 6) is 0.245. The molecular formula is C14H22N2O4. The number of nitrogens with one attached hydrogen (secondary N) is 1. The van der Waals surface area contributed by atoms with Crippen molar-refractivity contribution in [3.05, 3.63) is 28.3 Å². The summed E-state index contributed by atoms with van der Waals surface area (Å²) in [6.45, 7) is 7.61. The minimum absolute atomic E-state index is 0.0517. The van der Waals surface area contributed by atoms with Crippen molar-refractivity contribution in [1.29, 1.82) is 0 Å². The number of benzene rings is 1. The Morgan fingerprint density at radius 2 is 2.10 bits per heavy atom. The highest BCUT2D eigenvalue weighted by Gasteiger charge is 2.20. The third-order valence-electron chi connectivity index (χ3n) is 2.74. The van der Waals surface area contributed by atoms with Gasteiger partial charge in [0.25, 0.3) is 0 Å². The Hall–Kier alpha value is -1.82. The fraction of sp³-hybridized carbons (Fsp3) is 0.571. The van der Waals surface area contributed by atoms with Crippen LogP contribution < -0.4 is 10.1 Å². The molecule has 6 heteroatoms. The number of aliphatic hydroxyl groups is 1. The first-order valence-electron chi connectivity index (χ1n) is 6.59. The van der Waals surface area contributed by atoms with Gasteiger partial charge in [-0.25, -0.2) is 0 Å². The van der Waals surface area contributed by atoms with Gasteiger partial charge in [0, 0.05) is 30.0 Å². The number of rotatable bonds is 7. The van der Waals surface area contributed by atoms with E-state index in [1.807, 2.05) is 27.7 Å². The third-order valence-corrected chi connectivity index (χ3v) is 2.74. The van der Waals surface area contributed by atoms with Crippen molar-refractivity contribution in [1.82, 2.24) is 0 Å². The number of nitro groups is 1. The Morgan fingerprint density at radius 1 is 1.45 bits per heavy atom. The van der Waals surface area contributed by atoms with Crippen LogP contribution in [0.2, 0.25) is 0 Å². The molecular weight excluding hydrogens is 260 g/mol. The van der Waals surface area contributed by atoms with Gasteiger partial charge in [-0.15, -0.1) is 0 Å². The second-order valence-corrected chi connectivity index (χ2v) is 5.59. The lowest BCUT2D eigenvalue weighted by Gasteiger charge is -2.27. The molecule has 0 aliphatic carbocycles. The van der Waals surface area contributed by atoms with Gasteiger partial charge in [-0.3, -0.25) is 10.1 Å². The van der Waals surface area contributed by atoms with Crippen molar-refractivity contribution in [3.8, 4) is 5.75 Å². The molecule has 0 fully saturated rings. The van der Waals surface area contributed by atoms with Crippen molar-refractivity contribution in [2.45, 2.75) is 45.8 Å². The van der Waals surface area contributed by atoms with Crippen LogP contribution in [0.25, 0.3) is 0 Å². The highest BCUT2D eigenvalue weighted by Crippen LogP contribution is 2.32. The smallest absolute Gasteiger partial charge is 0.311 e. The number of nitro benzene ring substituents is 1. The van der Waals surface area contributed by atoms with Crippen LogP contribution in [0.1, 0.15) is 34.1 Å². The molecule has 0 spiro atoms. The molecule has 0 amide bonds. The Kier molecular flexibility index (Phi) is 5.33. The number of hydrogen-bond donors (Lipinski definition) is 2. The Bertz CT molecular complexity index is 472. The van der Waals surface area contributed by atoms with Crippen LogP contribution in [0.3, 0.4) is 0 Å². The molecule has 0 heterocycles. The molecule has 0 aromatic heterocycles. The summed E-state index contributed by atoms with van der Waals surface area (Å²) >= 11 is 0. The predicted molar refractivity (Wildman–Crippen MR) is 78.3 cm³/mol. The summed E-state index contributed by atoms with van der Waals surface area (Å²) < 4.78 is 5.49. The Labute approximate surface area is 118 Å². The SMILES string of the molecule is CC(C)Oc1cc(NC(C)(C)CCO)ccc1[N+](=O)[O-]. The van der Waals surface area contributed by atoms with Crippen molar-refractivity contribution in [2.24, 2.45) is 0 Å². The molecule has 0 radical (unpaired) electrons. The summed E-state index contributed by atoms with van der Waals surface area (Å²) in [5.41, 5.74) is 0.369. The zero-order valence-corrected chi connectivity index (χ0v) is 12.3. The first-order chi connectivity index (χ1) is 9.25. The largest absolute Gasteiger partial charge is 0.484 e. The molecule has 0 saturated carbocycles. The second-order valence-electron chi connectivity index (χ2n) is 5.59. The van der Waals surface area contributed by atoms with Crippen LogP contribution >= 0.6 is 0 Å². The Balaban J connectivity index is 3.03. The lowest BCUT2D eigenvalue weighted by molar-refractivity contribution is -0.386. The summed E-state index contributed by atoms with van der Waals surface area (Å²) in [7, 11) is 0. The maximum atomic E-state index is 11.0. The molecule has 6 nitrogen and oxygen atoms in total. The van der Waals surface area contributed by atoms with Gasteiger partial charge >= 0.3 is 5.69 Å². The van der Waals surface area contributed by atoms with E-state index in [1.165, 1.54) is 6.07 Å². The van der Waals surface area contributed by atoms with E-state index in [1.54, 1.807) is 12.1 Å². The molecule has 2 N–H and O–H groups in total. The summed E-state index contributed by atoms with van der Waals surface area (Å²) in [6.07, 6.45) is 0.430. The van der Waals surface area contributed by atoms with E-state index in [0.717, 1.165) is 5.69 Å². The van der Waals surface area contributed by atoms with Crippen LogP contribution in [-0.4, -0.2) is 28.3 Å². The van der Waals surface area contributed by atoms with Gasteiger partial charge in [0.1, 0.15) is 0 Å². The maximum Gasteiger partial charge on any atom is 0.311 e. The summed E-state index contributed by atoms with van der Waals surface area (Å²) in [5, 5.41) is 23.2. The minimum atomic E-state index is -0.458. The molecule has 0 aliphatic rings. The zero-order valence-electron chi connectivity index (χ0n) is 12.3. The van der Waals surface area contributed by atoms with Gasteiger partial charge in [0.2, 0.25) is 0 Å². The van der Waals surface area contributed by atoms with Gasteiger partial charge in [-0.2, -0.15) is 0 Å². The predicted octanol–water partition coefficient (Wildman–Crippen LogP) is 2.95. The summed E-state index contributed by atoms with van der Waals surface area (Å²) in [4.78, 5) is 10.5. The molecule has 1 aromatic carbocycles. The normalized spacial score (nSPS) is 11.5. The van der Waals surface area contributed by atoms with E-state index in [9.17, 15) is 10.1 Å². The molecule has 0 atom stereocenters. The van der Waals surface area contributed by atoms with Crippen molar-refractivity contribution >= 4 is 11.4 Å². The van der Waals surface area contributed by atoms with E-state index in [4.69, 9.17) is 9.84 Å². The van der Waals surface area contributed by atoms with Crippen molar-refractivity contribution in [2.75, 3.05) is 11.9 Å². The van der Waals surface area contributed by atoms with Crippen LogP contribution in [0.15, 0.2) is 18.2 Å². The molecule has 20 heavy (non-hydrogen) atoms. The average molecular weight is 282 g/mol. The molecule has 0 unspecified atom stereocenters. The topological polar surface area (TPSA) is 84.6 Å². The highest BCUT2D eigenvalue weighted by molar-refractivity contribution is 5.58. The average Bonchev–Trinajstić information content (AvgIpc) is 2.26. The number of hydrogen-bond acceptors (Lipinski definition) is 5. The standard InChI is InChI=1S/C14H22N2O4/c1-10(2)20-13-9-11(5-6-12(13)16(18)19)15-14(3,4)7-8-17/h5-6,9-10,15,17H,7-8H2,1-4H3.